The van der Waals surface area contributed by atoms with Gasteiger partial charge in [-0.1, -0.05) is 42.1 Å². The van der Waals surface area contributed by atoms with Gasteiger partial charge >= 0.3 is 0 Å². The predicted molar refractivity (Wildman–Crippen MR) is 108 cm³/mol. The molecule has 144 valence electrons. The van der Waals surface area contributed by atoms with E-state index in [0.29, 0.717) is 40.5 Å². The van der Waals surface area contributed by atoms with Crippen molar-refractivity contribution in [2.45, 2.75) is 36.4 Å². The monoisotopic (exact) mass is 397 g/mol. The first-order chi connectivity index (χ1) is 13.6. The van der Waals surface area contributed by atoms with Crippen LogP contribution in [0.4, 0.5) is 5.69 Å². The Labute approximate surface area is 165 Å². The van der Waals surface area contributed by atoms with E-state index in [2.05, 4.69) is 4.98 Å². The minimum atomic E-state index is -0.386. The molecule has 0 saturated carbocycles. The van der Waals surface area contributed by atoms with Crippen LogP contribution in [0, 0.1) is 10.1 Å². The summed E-state index contributed by atoms with van der Waals surface area (Å²) in [4.78, 5) is 28.6. The number of aromatic nitrogens is 2. The summed E-state index contributed by atoms with van der Waals surface area (Å²) < 4.78 is 7.36. The van der Waals surface area contributed by atoms with Gasteiger partial charge in [0.2, 0.25) is 0 Å². The predicted octanol–water partition coefficient (Wildman–Crippen LogP) is 3.78. The SMILES string of the molecule is O=c1c2ccccc2nc(SCc2ccccc2[N+](=O)[O-])n1C[C@@H]1CCCO1. The van der Waals surface area contributed by atoms with Crippen molar-refractivity contribution in [1.82, 2.24) is 9.55 Å². The van der Waals surface area contributed by atoms with Crippen LogP contribution in [0.25, 0.3) is 10.9 Å². The fourth-order valence-electron chi connectivity index (χ4n) is 3.36. The lowest BCUT2D eigenvalue weighted by atomic mass is 10.2. The summed E-state index contributed by atoms with van der Waals surface area (Å²) in [6.45, 7) is 1.15. The zero-order valence-electron chi connectivity index (χ0n) is 15.1. The van der Waals surface area contributed by atoms with Crippen LogP contribution >= 0.6 is 11.8 Å². The largest absolute Gasteiger partial charge is 0.376 e. The molecule has 1 aliphatic rings. The maximum Gasteiger partial charge on any atom is 0.273 e. The average Bonchev–Trinajstić information content (AvgIpc) is 3.22. The first kappa shape index (κ1) is 18.6. The van der Waals surface area contributed by atoms with Crippen molar-refractivity contribution in [2.75, 3.05) is 6.61 Å². The summed E-state index contributed by atoms with van der Waals surface area (Å²) in [5.74, 6) is 0.355. The Hall–Kier alpha value is -2.71. The molecule has 0 bridgehead atoms. The van der Waals surface area contributed by atoms with Crippen molar-refractivity contribution >= 4 is 28.4 Å². The van der Waals surface area contributed by atoms with E-state index < -0.39 is 0 Å². The number of hydrogen-bond acceptors (Lipinski definition) is 6. The van der Waals surface area contributed by atoms with Crippen LogP contribution in [0.1, 0.15) is 18.4 Å². The van der Waals surface area contributed by atoms with Crippen molar-refractivity contribution in [1.29, 1.82) is 0 Å². The van der Waals surface area contributed by atoms with Gasteiger partial charge < -0.3 is 4.74 Å². The second-order valence-electron chi connectivity index (χ2n) is 6.64. The Morgan fingerprint density at radius 2 is 2.00 bits per heavy atom. The van der Waals surface area contributed by atoms with Gasteiger partial charge in [-0.2, -0.15) is 0 Å². The van der Waals surface area contributed by atoms with Gasteiger partial charge in [0.1, 0.15) is 0 Å². The number of ether oxygens (including phenoxy) is 1. The summed E-state index contributed by atoms with van der Waals surface area (Å²) >= 11 is 1.34. The lowest BCUT2D eigenvalue weighted by Gasteiger charge is -2.16. The van der Waals surface area contributed by atoms with Crippen molar-refractivity contribution in [2.24, 2.45) is 0 Å². The summed E-state index contributed by atoms with van der Waals surface area (Å²) in [6, 6.07) is 13.9. The highest BCUT2D eigenvalue weighted by atomic mass is 32.2. The van der Waals surface area contributed by atoms with E-state index in [0.717, 1.165) is 12.8 Å². The zero-order chi connectivity index (χ0) is 19.5. The van der Waals surface area contributed by atoms with Crippen LogP contribution in [0.5, 0.6) is 0 Å². The number of para-hydroxylation sites is 2. The van der Waals surface area contributed by atoms with E-state index in [1.807, 2.05) is 18.2 Å². The number of thioether (sulfide) groups is 1. The Kier molecular flexibility index (Phi) is 5.40. The summed E-state index contributed by atoms with van der Waals surface area (Å²) in [6.07, 6.45) is 1.89. The highest BCUT2D eigenvalue weighted by Crippen LogP contribution is 2.28. The molecule has 2 aromatic carbocycles. The van der Waals surface area contributed by atoms with Gasteiger partial charge in [0.15, 0.2) is 5.16 Å². The molecule has 1 fully saturated rings. The molecular weight excluding hydrogens is 378 g/mol. The van der Waals surface area contributed by atoms with Crippen LogP contribution in [-0.2, 0) is 17.0 Å². The molecule has 1 aromatic heterocycles. The highest BCUT2D eigenvalue weighted by Gasteiger charge is 2.21. The third-order valence-corrected chi connectivity index (χ3v) is 5.81. The maximum atomic E-state index is 13.1. The Morgan fingerprint density at radius 1 is 1.21 bits per heavy atom. The third kappa shape index (κ3) is 3.79. The molecule has 0 radical (unpaired) electrons. The van der Waals surface area contributed by atoms with Gasteiger partial charge in [-0.15, -0.1) is 0 Å². The number of nitrogens with zero attached hydrogens (tertiary/aromatic N) is 3. The Bertz CT molecular complexity index is 1080. The minimum absolute atomic E-state index is 0.00827. The molecule has 7 nitrogen and oxygen atoms in total. The molecule has 4 rings (SSSR count). The summed E-state index contributed by atoms with van der Waals surface area (Å²) in [5, 5.41) is 12.4. The van der Waals surface area contributed by atoms with Crippen LogP contribution in [0.3, 0.4) is 0 Å². The van der Waals surface area contributed by atoms with Gasteiger partial charge in [-0.3, -0.25) is 19.5 Å². The van der Waals surface area contributed by atoms with Crippen molar-refractivity contribution in [3.05, 3.63) is 74.6 Å². The Balaban J connectivity index is 1.70. The molecule has 3 aromatic rings. The zero-order valence-corrected chi connectivity index (χ0v) is 15.9. The summed E-state index contributed by atoms with van der Waals surface area (Å²) in [7, 11) is 0. The number of nitro groups is 1. The quantitative estimate of drug-likeness (QED) is 0.272. The highest BCUT2D eigenvalue weighted by molar-refractivity contribution is 7.98. The van der Waals surface area contributed by atoms with Crippen molar-refractivity contribution in [3.63, 3.8) is 0 Å². The van der Waals surface area contributed by atoms with Crippen LogP contribution in [-0.4, -0.2) is 27.2 Å². The molecule has 1 atom stereocenters. The van der Waals surface area contributed by atoms with E-state index in [-0.39, 0.29) is 22.3 Å². The van der Waals surface area contributed by atoms with E-state index in [9.17, 15) is 14.9 Å². The van der Waals surface area contributed by atoms with Gasteiger partial charge in [0.25, 0.3) is 11.2 Å². The molecule has 0 spiro atoms. The topological polar surface area (TPSA) is 87.3 Å². The number of benzene rings is 2. The summed E-state index contributed by atoms with van der Waals surface area (Å²) in [5.41, 5.74) is 1.19. The van der Waals surface area contributed by atoms with E-state index in [1.54, 1.807) is 28.8 Å². The maximum absolute atomic E-state index is 13.1. The van der Waals surface area contributed by atoms with E-state index in [1.165, 1.54) is 17.8 Å². The lowest BCUT2D eigenvalue weighted by Crippen LogP contribution is -2.28. The normalized spacial score (nSPS) is 16.5. The minimum Gasteiger partial charge on any atom is -0.376 e. The van der Waals surface area contributed by atoms with Gasteiger partial charge in [-0.25, -0.2) is 4.98 Å². The molecule has 8 heteroatoms. The number of hydrogen-bond donors (Lipinski definition) is 0. The molecule has 0 amide bonds. The van der Waals surface area contributed by atoms with Crippen LogP contribution in [0.2, 0.25) is 0 Å². The molecule has 0 N–H and O–H groups in total. The van der Waals surface area contributed by atoms with Crippen molar-refractivity contribution in [3.8, 4) is 0 Å². The first-order valence-electron chi connectivity index (χ1n) is 9.10. The van der Waals surface area contributed by atoms with E-state index >= 15 is 0 Å². The van der Waals surface area contributed by atoms with Crippen molar-refractivity contribution < 1.29 is 9.66 Å². The molecule has 1 aliphatic heterocycles. The molecular formula is C20H19N3O4S. The Morgan fingerprint density at radius 3 is 2.79 bits per heavy atom. The molecule has 0 aliphatic carbocycles. The lowest BCUT2D eigenvalue weighted by molar-refractivity contribution is -0.385. The molecule has 1 saturated heterocycles. The number of rotatable bonds is 6. The standard InChI is InChI=1S/C20H19N3O4S/c24-19-16-8-2-3-9-17(16)21-20(22(19)12-15-7-5-11-27-15)28-13-14-6-1-4-10-18(14)23(25)26/h1-4,6,8-10,15H,5,7,11-13H2/t15-/m0/s1. The van der Waals surface area contributed by atoms with Crippen LogP contribution < -0.4 is 5.56 Å². The third-order valence-electron chi connectivity index (χ3n) is 4.78. The fourth-order valence-corrected chi connectivity index (χ4v) is 4.37. The van der Waals surface area contributed by atoms with E-state index in [4.69, 9.17) is 4.74 Å². The number of fused-ring (bicyclic) bond motifs is 1. The molecule has 28 heavy (non-hydrogen) atoms. The van der Waals surface area contributed by atoms with Gasteiger partial charge in [0.05, 0.1) is 28.5 Å². The first-order valence-corrected chi connectivity index (χ1v) is 10.1. The second kappa shape index (κ2) is 8.12. The molecule has 2 heterocycles. The fraction of sp³-hybridized carbons (Fsp3) is 0.300. The average molecular weight is 397 g/mol. The number of nitro benzene ring substituents is 1. The van der Waals surface area contributed by atoms with Gasteiger partial charge in [0, 0.05) is 24.0 Å². The second-order valence-corrected chi connectivity index (χ2v) is 7.58. The van der Waals surface area contributed by atoms with Crippen LogP contribution in [0.15, 0.2) is 58.5 Å². The smallest absolute Gasteiger partial charge is 0.273 e. The molecule has 0 unspecified atom stereocenters. The van der Waals surface area contributed by atoms with Gasteiger partial charge in [-0.05, 0) is 25.0 Å².